The van der Waals surface area contributed by atoms with Crippen LogP contribution in [0.2, 0.25) is 0 Å². The highest BCUT2D eigenvalue weighted by atomic mass is 32.2. The standard InChI is InChI=1S/C29H29N5O4S2/c1-16(2)22-14-21-23(15-38-22)40-27-24(21)26(36)33(19-10-12-20(37-4)13-11-19)28-31-32-29(34(27)28)39-17(3)25(35)30-18-8-6-5-7-9-18/h5-13,16-17,22H,14-15H2,1-4H3,(H,30,35)/t17-,22-/m0/s1. The fraction of sp³-hybridized carbons (Fsp3) is 0.310. The van der Waals surface area contributed by atoms with E-state index >= 15 is 0 Å². The van der Waals surface area contributed by atoms with Crippen LogP contribution in [-0.4, -0.2) is 43.5 Å². The molecule has 0 bridgehead atoms. The molecule has 5 aromatic rings. The fourth-order valence-corrected chi connectivity index (χ4v) is 7.03. The van der Waals surface area contributed by atoms with Gasteiger partial charge in [-0.1, -0.05) is 43.8 Å². The number of para-hydroxylation sites is 1. The zero-order valence-corrected chi connectivity index (χ0v) is 24.2. The molecule has 0 aliphatic carbocycles. The van der Waals surface area contributed by atoms with Crippen LogP contribution >= 0.6 is 23.1 Å². The number of methoxy groups -OCH3 is 1. The lowest BCUT2D eigenvalue weighted by Gasteiger charge is -2.26. The summed E-state index contributed by atoms with van der Waals surface area (Å²) in [6.07, 6.45) is 0.697. The Morgan fingerprint density at radius 1 is 1.12 bits per heavy atom. The molecule has 0 saturated heterocycles. The van der Waals surface area contributed by atoms with E-state index in [1.165, 1.54) is 23.1 Å². The number of carbonyl (C=O) groups excluding carboxylic acids is 1. The van der Waals surface area contributed by atoms with E-state index in [2.05, 4.69) is 29.4 Å². The van der Waals surface area contributed by atoms with Crippen molar-refractivity contribution in [2.75, 3.05) is 12.4 Å². The zero-order valence-electron chi connectivity index (χ0n) is 22.6. The minimum atomic E-state index is -0.465. The monoisotopic (exact) mass is 575 g/mol. The highest BCUT2D eigenvalue weighted by molar-refractivity contribution is 8.00. The third-order valence-electron chi connectivity index (χ3n) is 7.11. The molecule has 11 heteroatoms. The maximum Gasteiger partial charge on any atom is 0.268 e. The van der Waals surface area contributed by atoms with Crippen molar-refractivity contribution in [2.24, 2.45) is 5.92 Å². The number of hydrogen-bond acceptors (Lipinski definition) is 8. The van der Waals surface area contributed by atoms with Gasteiger partial charge in [-0.25, -0.2) is 8.97 Å². The molecule has 0 radical (unpaired) electrons. The molecule has 2 atom stereocenters. The number of anilines is 1. The first-order chi connectivity index (χ1) is 19.4. The molecule has 0 saturated carbocycles. The predicted molar refractivity (Wildman–Crippen MR) is 158 cm³/mol. The summed E-state index contributed by atoms with van der Waals surface area (Å²) >= 11 is 2.84. The Bertz CT molecular complexity index is 1760. The molecule has 0 fully saturated rings. The van der Waals surface area contributed by atoms with Gasteiger partial charge in [0.1, 0.15) is 10.6 Å². The van der Waals surface area contributed by atoms with Crippen LogP contribution in [0.1, 0.15) is 31.2 Å². The van der Waals surface area contributed by atoms with Gasteiger partial charge in [-0.15, -0.1) is 21.5 Å². The van der Waals surface area contributed by atoms with Gasteiger partial charge < -0.3 is 14.8 Å². The molecular formula is C29H29N5O4S2. The van der Waals surface area contributed by atoms with Gasteiger partial charge in [0.15, 0.2) is 5.16 Å². The highest BCUT2D eigenvalue weighted by Crippen LogP contribution is 2.38. The van der Waals surface area contributed by atoms with Gasteiger partial charge >= 0.3 is 0 Å². The average molecular weight is 576 g/mol. The van der Waals surface area contributed by atoms with Crippen molar-refractivity contribution in [1.82, 2.24) is 19.2 Å². The van der Waals surface area contributed by atoms with Crippen LogP contribution < -0.4 is 15.6 Å². The molecule has 6 rings (SSSR count). The van der Waals surface area contributed by atoms with E-state index in [4.69, 9.17) is 9.47 Å². The molecular weight excluding hydrogens is 546 g/mol. The summed E-state index contributed by atoms with van der Waals surface area (Å²) in [5.74, 6) is 1.25. The molecule has 206 valence electrons. The smallest absolute Gasteiger partial charge is 0.268 e. The lowest BCUT2D eigenvalue weighted by molar-refractivity contribution is -0.115. The first-order valence-corrected chi connectivity index (χ1v) is 14.8. The van der Waals surface area contributed by atoms with Crippen molar-refractivity contribution in [3.8, 4) is 11.4 Å². The van der Waals surface area contributed by atoms with Crippen molar-refractivity contribution in [3.05, 3.63) is 75.4 Å². The number of carbonyl (C=O) groups is 1. The minimum Gasteiger partial charge on any atom is -0.497 e. The quantitative estimate of drug-likeness (QED) is 0.262. The van der Waals surface area contributed by atoms with Gasteiger partial charge in [0, 0.05) is 17.0 Å². The number of benzene rings is 2. The summed E-state index contributed by atoms with van der Waals surface area (Å²) in [5, 5.41) is 12.6. The highest BCUT2D eigenvalue weighted by Gasteiger charge is 2.31. The molecule has 3 aromatic heterocycles. The van der Waals surface area contributed by atoms with Gasteiger partial charge in [0.25, 0.3) is 5.56 Å². The van der Waals surface area contributed by atoms with Crippen molar-refractivity contribution >= 4 is 50.7 Å². The number of hydrogen-bond donors (Lipinski definition) is 1. The molecule has 40 heavy (non-hydrogen) atoms. The number of amides is 1. The largest absolute Gasteiger partial charge is 0.497 e. The Morgan fingerprint density at radius 2 is 1.88 bits per heavy atom. The van der Waals surface area contributed by atoms with E-state index in [0.717, 1.165) is 21.0 Å². The number of thioether (sulfide) groups is 1. The second-order valence-corrected chi connectivity index (χ2v) is 12.4. The van der Waals surface area contributed by atoms with Crippen LogP contribution in [0.3, 0.4) is 0 Å². The molecule has 0 spiro atoms. The van der Waals surface area contributed by atoms with E-state index in [0.29, 0.717) is 46.7 Å². The minimum absolute atomic E-state index is 0.0336. The second-order valence-electron chi connectivity index (χ2n) is 10.1. The van der Waals surface area contributed by atoms with E-state index in [1.807, 2.05) is 65.9 Å². The Morgan fingerprint density at radius 3 is 2.58 bits per heavy atom. The maximum atomic E-state index is 14.2. The predicted octanol–water partition coefficient (Wildman–Crippen LogP) is 5.32. The van der Waals surface area contributed by atoms with E-state index < -0.39 is 5.25 Å². The number of nitrogens with zero attached hydrogens (tertiary/aromatic N) is 4. The zero-order chi connectivity index (χ0) is 28.0. The molecule has 1 aliphatic heterocycles. The number of nitrogens with one attached hydrogen (secondary N) is 1. The molecule has 1 N–H and O–H groups in total. The lowest BCUT2D eigenvalue weighted by atomic mass is 9.96. The molecule has 0 unspecified atom stereocenters. The Labute approximate surface area is 239 Å². The van der Waals surface area contributed by atoms with Crippen LogP contribution in [0.15, 0.2) is 64.5 Å². The molecule has 9 nitrogen and oxygen atoms in total. The van der Waals surface area contributed by atoms with Crippen LogP contribution in [0.4, 0.5) is 5.69 Å². The fourth-order valence-electron chi connectivity index (χ4n) is 4.88. The van der Waals surface area contributed by atoms with E-state index in [9.17, 15) is 9.59 Å². The number of thiophene rings is 1. The third kappa shape index (κ3) is 4.67. The van der Waals surface area contributed by atoms with Crippen LogP contribution in [0.5, 0.6) is 5.75 Å². The van der Waals surface area contributed by atoms with Crippen LogP contribution in [0, 0.1) is 5.92 Å². The summed E-state index contributed by atoms with van der Waals surface area (Å²) in [5.41, 5.74) is 2.27. The van der Waals surface area contributed by atoms with Gasteiger partial charge in [-0.2, -0.15) is 0 Å². The summed E-state index contributed by atoms with van der Waals surface area (Å²) < 4.78 is 15.0. The van der Waals surface area contributed by atoms with Crippen molar-refractivity contribution in [1.29, 1.82) is 0 Å². The van der Waals surface area contributed by atoms with Crippen molar-refractivity contribution < 1.29 is 14.3 Å². The lowest BCUT2D eigenvalue weighted by Crippen LogP contribution is -2.28. The Balaban J connectivity index is 1.50. The van der Waals surface area contributed by atoms with Crippen LogP contribution in [-0.2, 0) is 22.6 Å². The van der Waals surface area contributed by atoms with Crippen molar-refractivity contribution in [3.63, 3.8) is 0 Å². The topological polar surface area (TPSA) is 99.8 Å². The molecule has 4 heterocycles. The van der Waals surface area contributed by atoms with Crippen LogP contribution in [0.25, 0.3) is 21.7 Å². The number of rotatable bonds is 7. The van der Waals surface area contributed by atoms with Gasteiger partial charge in [0.05, 0.1) is 36.1 Å². The molecule has 1 aliphatic rings. The average Bonchev–Trinajstić information content (AvgIpc) is 3.55. The third-order valence-corrected chi connectivity index (χ3v) is 9.34. The SMILES string of the molecule is COc1ccc(-n2c(=O)c3c4c(sc3n3c(S[C@@H](C)C(=O)Nc5ccccc5)nnc23)CO[C@H](C(C)C)C4)cc1. The summed E-state index contributed by atoms with van der Waals surface area (Å²) in [4.78, 5) is 29.0. The van der Waals surface area contributed by atoms with Gasteiger partial charge in [0.2, 0.25) is 11.7 Å². The normalized spacial score (nSPS) is 15.9. The number of aromatic nitrogens is 4. The summed E-state index contributed by atoms with van der Waals surface area (Å²) in [6, 6.07) is 16.7. The van der Waals surface area contributed by atoms with E-state index in [-0.39, 0.29) is 17.6 Å². The summed E-state index contributed by atoms with van der Waals surface area (Å²) in [7, 11) is 1.60. The Kier molecular flexibility index (Phi) is 7.11. The number of ether oxygens (including phenoxy) is 2. The van der Waals surface area contributed by atoms with Crippen molar-refractivity contribution in [2.45, 2.75) is 50.3 Å². The van der Waals surface area contributed by atoms with Gasteiger partial charge in [-0.05, 0) is 54.8 Å². The maximum absolute atomic E-state index is 14.2. The van der Waals surface area contributed by atoms with Gasteiger partial charge in [-0.3, -0.25) is 9.59 Å². The molecule has 1 amide bonds. The Hall–Kier alpha value is -3.67. The first-order valence-electron chi connectivity index (χ1n) is 13.1. The first kappa shape index (κ1) is 26.5. The summed E-state index contributed by atoms with van der Waals surface area (Å²) in [6.45, 7) is 6.56. The van der Waals surface area contributed by atoms with E-state index in [1.54, 1.807) is 11.7 Å². The number of fused-ring (bicyclic) bond motifs is 5. The second kappa shape index (κ2) is 10.7. The molecule has 2 aromatic carbocycles.